The van der Waals surface area contributed by atoms with Crippen molar-refractivity contribution < 1.29 is 19.4 Å². The van der Waals surface area contributed by atoms with Crippen LogP contribution in [0.2, 0.25) is 0 Å². The molecule has 5 nitrogen and oxygen atoms in total. The summed E-state index contributed by atoms with van der Waals surface area (Å²) in [6.45, 7) is 1.77. The maximum Gasteiger partial charge on any atom is 0.416 e. The number of carbonyl (C=O) groups excluding carboxylic acids is 2. The number of nitrogens with zero attached hydrogens (tertiary/aromatic N) is 1. The molecule has 0 radical (unpaired) electrons. The van der Waals surface area contributed by atoms with E-state index in [1.807, 2.05) is 37.3 Å². The van der Waals surface area contributed by atoms with E-state index in [1.165, 1.54) is 0 Å². The van der Waals surface area contributed by atoms with Crippen LogP contribution in [0.5, 0.6) is 0 Å². The first kappa shape index (κ1) is 14.5. The molecule has 1 aliphatic heterocycles. The van der Waals surface area contributed by atoms with Gasteiger partial charge in [-0.3, -0.25) is 4.79 Å². The van der Waals surface area contributed by atoms with Crippen molar-refractivity contribution in [2.45, 2.75) is 25.8 Å². The number of ether oxygens (including phenoxy) is 1. The Morgan fingerprint density at radius 2 is 2.15 bits per heavy atom. The van der Waals surface area contributed by atoms with Gasteiger partial charge in [-0.25, -0.2) is 9.69 Å². The van der Waals surface area contributed by atoms with E-state index in [0.29, 0.717) is 12.8 Å². The van der Waals surface area contributed by atoms with Crippen LogP contribution in [0.1, 0.15) is 18.9 Å². The number of benzene rings is 1. The molecule has 1 heterocycles. The van der Waals surface area contributed by atoms with Gasteiger partial charge in [-0.2, -0.15) is 0 Å². The van der Waals surface area contributed by atoms with E-state index >= 15 is 0 Å². The lowest BCUT2D eigenvalue weighted by atomic mass is 10.0. The molecule has 108 valence electrons. The molecular formula is C15H19NO4. The normalized spacial score (nSPS) is 19.8. The van der Waals surface area contributed by atoms with Gasteiger partial charge in [-0.15, -0.1) is 0 Å². The van der Waals surface area contributed by atoms with Gasteiger partial charge >= 0.3 is 6.09 Å². The highest BCUT2D eigenvalue weighted by molar-refractivity contribution is 5.94. The number of aliphatic hydroxyl groups excluding tert-OH is 1. The SMILES string of the molecule is CC[C@H](CO)C(=O)N1C(=O)OC[C@@H]1Cc1ccccc1. The van der Waals surface area contributed by atoms with Crippen molar-refractivity contribution in [3.05, 3.63) is 35.9 Å². The van der Waals surface area contributed by atoms with Gasteiger partial charge in [0.25, 0.3) is 0 Å². The molecule has 1 aliphatic rings. The Kier molecular flexibility index (Phi) is 4.74. The number of hydrogen-bond donors (Lipinski definition) is 1. The Morgan fingerprint density at radius 3 is 2.75 bits per heavy atom. The van der Waals surface area contributed by atoms with Crippen LogP contribution in [-0.4, -0.2) is 41.3 Å². The molecule has 2 amide bonds. The Hall–Kier alpha value is -1.88. The van der Waals surface area contributed by atoms with E-state index in [0.717, 1.165) is 10.5 Å². The van der Waals surface area contributed by atoms with E-state index in [4.69, 9.17) is 4.74 Å². The fraction of sp³-hybridized carbons (Fsp3) is 0.467. The second kappa shape index (κ2) is 6.52. The van der Waals surface area contributed by atoms with Gasteiger partial charge in [0.05, 0.1) is 18.6 Å². The summed E-state index contributed by atoms with van der Waals surface area (Å²) in [6.07, 6.45) is 0.458. The van der Waals surface area contributed by atoms with Crippen molar-refractivity contribution in [2.24, 2.45) is 5.92 Å². The fourth-order valence-electron chi connectivity index (χ4n) is 2.35. The first-order chi connectivity index (χ1) is 9.67. The van der Waals surface area contributed by atoms with Gasteiger partial charge in [0.1, 0.15) is 6.61 Å². The highest BCUT2D eigenvalue weighted by Gasteiger charge is 2.40. The van der Waals surface area contributed by atoms with Crippen LogP contribution in [0.3, 0.4) is 0 Å². The van der Waals surface area contributed by atoms with Crippen molar-refractivity contribution in [1.29, 1.82) is 0 Å². The Balaban J connectivity index is 2.12. The summed E-state index contributed by atoms with van der Waals surface area (Å²) in [5, 5.41) is 9.22. The van der Waals surface area contributed by atoms with Crippen LogP contribution in [0, 0.1) is 5.92 Å². The monoisotopic (exact) mass is 277 g/mol. The number of imide groups is 1. The molecule has 1 aromatic carbocycles. The van der Waals surface area contributed by atoms with Crippen molar-refractivity contribution in [3.63, 3.8) is 0 Å². The van der Waals surface area contributed by atoms with Crippen LogP contribution in [0.4, 0.5) is 4.79 Å². The molecule has 1 fully saturated rings. The van der Waals surface area contributed by atoms with Gasteiger partial charge < -0.3 is 9.84 Å². The highest BCUT2D eigenvalue weighted by Crippen LogP contribution is 2.20. The van der Waals surface area contributed by atoms with Gasteiger partial charge in [0.2, 0.25) is 5.91 Å². The Labute approximate surface area is 118 Å². The van der Waals surface area contributed by atoms with Crippen molar-refractivity contribution in [1.82, 2.24) is 4.90 Å². The molecule has 1 saturated heterocycles. The fourth-order valence-corrected chi connectivity index (χ4v) is 2.35. The van der Waals surface area contributed by atoms with E-state index in [9.17, 15) is 14.7 Å². The third-order valence-electron chi connectivity index (χ3n) is 3.58. The molecule has 2 atom stereocenters. The summed E-state index contributed by atoms with van der Waals surface area (Å²) < 4.78 is 5.00. The molecule has 20 heavy (non-hydrogen) atoms. The first-order valence-electron chi connectivity index (χ1n) is 6.82. The van der Waals surface area contributed by atoms with E-state index < -0.39 is 12.0 Å². The maximum atomic E-state index is 12.3. The highest BCUT2D eigenvalue weighted by atomic mass is 16.6. The molecule has 0 spiro atoms. The molecule has 2 rings (SSSR count). The quantitative estimate of drug-likeness (QED) is 0.887. The number of amides is 2. The van der Waals surface area contributed by atoms with Crippen LogP contribution in [-0.2, 0) is 16.0 Å². The number of cyclic esters (lactones) is 1. The van der Waals surface area contributed by atoms with Crippen LogP contribution < -0.4 is 0 Å². The van der Waals surface area contributed by atoms with Gasteiger partial charge in [0.15, 0.2) is 0 Å². The Morgan fingerprint density at radius 1 is 1.45 bits per heavy atom. The second-order valence-electron chi connectivity index (χ2n) is 4.92. The van der Waals surface area contributed by atoms with Crippen molar-refractivity contribution in [2.75, 3.05) is 13.2 Å². The van der Waals surface area contributed by atoms with Gasteiger partial charge in [0, 0.05) is 0 Å². The summed E-state index contributed by atoms with van der Waals surface area (Å²) in [6, 6.07) is 9.37. The summed E-state index contributed by atoms with van der Waals surface area (Å²) in [5.41, 5.74) is 1.05. The predicted molar refractivity (Wildman–Crippen MR) is 73.0 cm³/mol. The van der Waals surface area contributed by atoms with Crippen LogP contribution in [0.25, 0.3) is 0 Å². The van der Waals surface area contributed by atoms with Crippen LogP contribution >= 0.6 is 0 Å². The third kappa shape index (κ3) is 2.99. The average molecular weight is 277 g/mol. The molecule has 0 saturated carbocycles. The average Bonchev–Trinajstić information content (AvgIpc) is 2.82. The number of aliphatic hydroxyl groups is 1. The number of carbonyl (C=O) groups is 2. The van der Waals surface area contributed by atoms with Gasteiger partial charge in [-0.05, 0) is 18.4 Å². The smallest absolute Gasteiger partial charge is 0.416 e. The zero-order valence-corrected chi connectivity index (χ0v) is 11.5. The summed E-state index contributed by atoms with van der Waals surface area (Å²) >= 11 is 0. The lowest BCUT2D eigenvalue weighted by Gasteiger charge is -2.23. The van der Waals surface area contributed by atoms with Crippen molar-refractivity contribution in [3.8, 4) is 0 Å². The molecule has 0 bridgehead atoms. The number of rotatable bonds is 5. The van der Waals surface area contributed by atoms with Gasteiger partial charge in [-0.1, -0.05) is 37.3 Å². The van der Waals surface area contributed by atoms with Crippen LogP contribution in [0.15, 0.2) is 30.3 Å². The molecule has 0 unspecified atom stereocenters. The van der Waals surface area contributed by atoms with E-state index in [-0.39, 0.29) is 25.2 Å². The third-order valence-corrected chi connectivity index (χ3v) is 3.58. The minimum absolute atomic E-state index is 0.210. The standard InChI is InChI=1S/C15H19NO4/c1-2-12(9-17)14(18)16-13(10-20-15(16)19)8-11-6-4-3-5-7-11/h3-7,12-13,17H,2,8-10H2,1H3/t12-,13+/m1/s1. The zero-order valence-electron chi connectivity index (χ0n) is 11.5. The molecule has 5 heteroatoms. The maximum absolute atomic E-state index is 12.3. The first-order valence-corrected chi connectivity index (χ1v) is 6.82. The van der Waals surface area contributed by atoms with E-state index in [1.54, 1.807) is 0 Å². The second-order valence-corrected chi connectivity index (χ2v) is 4.92. The van der Waals surface area contributed by atoms with Crippen molar-refractivity contribution >= 4 is 12.0 Å². The largest absolute Gasteiger partial charge is 0.447 e. The molecule has 0 aliphatic carbocycles. The minimum atomic E-state index is -0.608. The molecule has 1 aromatic rings. The predicted octanol–water partition coefficient (Wildman–Crippen LogP) is 1.60. The molecular weight excluding hydrogens is 258 g/mol. The zero-order chi connectivity index (χ0) is 14.5. The lowest BCUT2D eigenvalue weighted by Crippen LogP contribution is -2.44. The molecule has 0 aromatic heterocycles. The summed E-state index contributed by atoms with van der Waals surface area (Å²) in [4.78, 5) is 25.2. The lowest BCUT2D eigenvalue weighted by molar-refractivity contribution is -0.134. The van der Waals surface area contributed by atoms with E-state index in [2.05, 4.69) is 0 Å². The topological polar surface area (TPSA) is 66.8 Å². The molecule has 1 N–H and O–H groups in total. The Bertz CT molecular complexity index is 470. The minimum Gasteiger partial charge on any atom is -0.447 e. The number of hydrogen-bond acceptors (Lipinski definition) is 4. The summed E-state index contributed by atoms with van der Waals surface area (Å²) in [5.74, 6) is -0.891. The summed E-state index contributed by atoms with van der Waals surface area (Å²) in [7, 11) is 0.